The van der Waals surface area contributed by atoms with Crippen molar-refractivity contribution in [1.82, 2.24) is 0 Å². The highest BCUT2D eigenvalue weighted by molar-refractivity contribution is 9.11. The lowest BCUT2D eigenvalue weighted by Crippen LogP contribution is -2.14. The Balaban J connectivity index is 2.24. The van der Waals surface area contributed by atoms with Crippen molar-refractivity contribution in [2.24, 2.45) is 5.73 Å². The maximum Gasteiger partial charge on any atom is 0.162 e. The van der Waals surface area contributed by atoms with Crippen LogP contribution in [0.15, 0.2) is 28.1 Å². The van der Waals surface area contributed by atoms with Crippen LogP contribution in [0, 0.1) is 18.6 Å². The van der Waals surface area contributed by atoms with Gasteiger partial charge in [0, 0.05) is 10.9 Å². The minimum absolute atomic E-state index is 0.285. The maximum atomic E-state index is 13.5. The zero-order valence-electron chi connectivity index (χ0n) is 9.71. The van der Waals surface area contributed by atoms with Crippen LogP contribution in [0.1, 0.15) is 22.0 Å². The van der Waals surface area contributed by atoms with Crippen molar-refractivity contribution in [3.63, 3.8) is 0 Å². The van der Waals surface area contributed by atoms with Gasteiger partial charge in [0.25, 0.3) is 0 Å². The average molecular weight is 332 g/mol. The molecule has 2 aromatic rings. The molecule has 0 saturated carbocycles. The minimum atomic E-state index is -0.831. The van der Waals surface area contributed by atoms with Gasteiger partial charge in [-0.15, -0.1) is 11.3 Å². The number of aryl methyl sites for hydroxylation is 1. The zero-order valence-corrected chi connectivity index (χ0v) is 12.1. The molecule has 0 bridgehead atoms. The normalized spacial score (nSPS) is 12.7. The van der Waals surface area contributed by atoms with Crippen molar-refractivity contribution in [2.75, 3.05) is 0 Å². The molecule has 1 aromatic carbocycles. The lowest BCUT2D eigenvalue weighted by Gasteiger charge is -2.12. The van der Waals surface area contributed by atoms with Crippen molar-refractivity contribution in [3.05, 3.63) is 55.7 Å². The minimum Gasteiger partial charge on any atom is -0.324 e. The predicted molar refractivity (Wildman–Crippen MR) is 73.7 cm³/mol. The number of benzene rings is 1. The van der Waals surface area contributed by atoms with Crippen LogP contribution in [0.2, 0.25) is 0 Å². The second-order valence-corrected chi connectivity index (χ2v) is 6.72. The molecule has 1 heterocycles. The van der Waals surface area contributed by atoms with E-state index >= 15 is 0 Å². The largest absolute Gasteiger partial charge is 0.324 e. The van der Waals surface area contributed by atoms with Crippen LogP contribution in [-0.2, 0) is 6.42 Å². The third kappa shape index (κ3) is 2.79. The fourth-order valence-electron chi connectivity index (χ4n) is 1.88. The first kappa shape index (κ1) is 13.6. The molecule has 0 spiro atoms. The van der Waals surface area contributed by atoms with E-state index in [0.29, 0.717) is 5.56 Å². The molecule has 0 amide bonds. The molecule has 0 saturated heterocycles. The third-order valence-electron chi connectivity index (χ3n) is 2.80. The first-order valence-corrected chi connectivity index (χ1v) is 7.04. The monoisotopic (exact) mass is 331 g/mol. The Bertz CT molecular complexity index is 568. The molecule has 0 aliphatic carbocycles. The topological polar surface area (TPSA) is 26.0 Å². The summed E-state index contributed by atoms with van der Waals surface area (Å²) in [6.07, 6.45) is 0.285. The van der Waals surface area contributed by atoms with Gasteiger partial charge >= 0.3 is 0 Å². The summed E-state index contributed by atoms with van der Waals surface area (Å²) in [6.45, 7) is 1.96. The number of thiophene rings is 1. The lowest BCUT2D eigenvalue weighted by atomic mass is 10.00. The number of rotatable bonds is 3. The van der Waals surface area contributed by atoms with Gasteiger partial charge in [-0.3, -0.25) is 0 Å². The third-order valence-corrected chi connectivity index (χ3v) is 4.37. The van der Waals surface area contributed by atoms with Crippen LogP contribution in [0.4, 0.5) is 8.78 Å². The van der Waals surface area contributed by atoms with Gasteiger partial charge in [0.2, 0.25) is 0 Å². The Morgan fingerprint density at radius 2 is 2.11 bits per heavy atom. The summed E-state index contributed by atoms with van der Waals surface area (Å²) in [6, 6.07) is 5.77. The van der Waals surface area contributed by atoms with Gasteiger partial charge in [-0.05, 0) is 52.5 Å². The molecular weight excluding hydrogens is 320 g/mol. The smallest absolute Gasteiger partial charge is 0.162 e. The van der Waals surface area contributed by atoms with E-state index in [1.54, 1.807) is 17.4 Å². The van der Waals surface area contributed by atoms with Crippen LogP contribution >= 0.6 is 27.3 Å². The standard InChI is InChI=1S/C13H12BrF2NS/c1-7-9(6-12(14)18-7)11(17)5-8-3-2-4-10(15)13(8)16/h2-4,6,11H,5,17H2,1H3. The summed E-state index contributed by atoms with van der Waals surface area (Å²) >= 11 is 4.98. The molecule has 1 atom stereocenters. The van der Waals surface area contributed by atoms with E-state index < -0.39 is 11.6 Å². The second-order valence-electron chi connectivity index (χ2n) is 4.09. The van der Waals surface area contributed by atoms with E-state index in [4.69, 9.17) is 5.73 Å². The Hall–Kier alpha value is -0.780. The molecule has 0 fully saturated rings. The summed E-state index contributed by atoms with van der Waals surface area (Å²) in [5.74, 6) is -1.64. The number of hydrogen-bond acceptors (Lipinski definition) is 2. The Morgan fingerprint density at radius 1 is 1.39 bits per heavy atom. The summed E-state index contributed by atoms with van der Waals surface area (Å²) in [5, 5.41) is 0. The van der Waals surface area contributed by atoms with Crippen molar-refractivity contribution >= 4 is 27.3 Å². The Labute approximate surface area is 117 Å². The van der Waals surface area contributed by atoms with Gasteiger partial charge in [-0.1, -0.05) is 12.1 Å². The fourth-order valence-corrected chi connectivity index (χ4v) is 3.66. The molecule has 0 radical (unpaired) electrons. The molecular formula is C13H12BrF2NS. The van der Waals surface area contributed by atoms with E-state index in [1.807, 2.05) is 13.0 Å². The summed E-state index contributed by atoms with van der Waals surface area (Å²) < 4.78 is 27.6. The highest BCUT2D eigenvalue weighted by Crippen LogP contribution is 2.31. The SMILES string of the molecule is Cc1sc(Br)cc1C(N)Cc1cccc(F)c1F. The van der Waals surface area contributed by atoms with Gasteiger partial charge in [0.05, 0.1) is 3.79 Å². The number of halogens is 3. The quantitative estimate of drug-likeness (QED) is 0.889. The van der Waals surface area contributed by atoms with Gasteiger partial charge in [0.1, 0.15) is 0 Å². The van der Waals surface area contributed by atoms with Crippen molar-refractivity contribution < 1.29 is 8.78 Å². The zero-order chi connectivity index (χ0) is 13.3. The van der Waals surface area contributed by atoms with Gasteiger partial charge in [0.15, 0.2) is 11.6 Å². The summed E-state index contributed by atoms with van der Waals surface area (Å²) in [7, 11) is 0. The van der Waals surface area contributed by atoms with E-state index in [1.165, 1.54) is 6.07 Å². The van der Waals surface area contributed by atoms with Crippen LogP contribution in [0.25, 0.3) is 0 Å². The molecule has 5 heteroatoms. The first-order chi connectivity index (χ1) is 8.49. The van der Waals surface area contributed by atoms with Crippen LogP contribution in [0.5, 0.6) is 0 Å². The van der Waals surface area contributed by atoms with Crippen LogP contribution in [-0.4, -0.2) is 0 Å². The molecule has 0 aliphatic heterocycles. The maximum absolute atomic E-state index is 13.5. The van der Waals surface area contributed by atoms with Crippen molar-refractivity contribution in [1.29, 1.82) is 0 Å². The van der Waals surface area contributed by atoms with Crippen molar-refractivity contribution in [3.8, 4) is 0 Å². The predicted octanol–water partition coefficient (Wildman–Crippen LogP) is 4.34. The molecule has 96 valence electrons. The lowest BCUT2D eigenvalue weighted by molar-refractivity contribution is 0.494. The molecule has 0 aliphatic rings. The number of hydrogen-bond donors (Lipinski definition) is 1. The van der Waals surface area contributed by atoms with Gasteiger partial charge < -0.3 is 5.73 Å². The highest BCUT2D eigenvalue weighted by atomic mass is 79.9. The first-order valence-electron chi connectivity index (χ1n) is 5.43. The van der Waals surface area contributed by atoms with Crippen molar-refractivity contribution in [2.45, 2.75) is 19.4 Å². The summed E-state index contributed by atoms with van der Waals surface area (Å²) in [4.78, 5) is 1.09. The Morgan fingerprint density at radius 3 is 2.72 bits per heavy atom. The van der Waals surface area contributed by atoms with E-state index in [2.05, 4.69) is 15.9 Å². The molecule has 1 unspecified atom stereocenters. The summed E-state index contributed by atoms with van der Waals surface area (Å²) in [5.41, 5.74) is 7.33. The average Bonchev–Trinajstić information content (AvgIpc) is 2.64. The van der Waals surface area contributed by atoms with E-state index in [-0.39, 0.29) is 12.5 Å². The van der Waals surface area contributed by atoms with E-state index in [0.717, 1.165) is 20.3 Å². The number of nitrogens with two attached hydrogens (primary N) is 1. The molecule has 1 nitrogen and oxygen atoms in total. The second kappa shape index (κ2) is 5.47. The molecule has 18 heavy (non-hydrogen) atoms. The van der Waals surface area contributed by atoms with Crippen LogP contribution in [0.3, 0.4) is 0 Å². The van der Waals surface area contributed by atoms with E-state index in [9.17, 15) is 8.78 Å². The molecule has 1 aromatic heterocycles. The van der Waals surface area contributed by atoms with Gasteiger partial charge in [-0.25, -0.2) is 8.78 Å². The van der Waals surface area contributed by atoms with Crippen LogP contribution < -0.4 is 5.73 Å². The molecule has 2 N–H and O–H groups in total. The molecule has 2 rings (SSSR count). The highest BCUT2D eigenvalue weighted by Gasteiger charge is 2.16. The fraction of sp³-hybridized carbons (Fsp3) is 0.231. The van der Waals surface area contributed by atoms with Gasteiger partial charge in [-0.2, -0.15) is 0 Å². The Kier molecular flexibility index (Phi) is 4.14.